The molecule has 4 nitrogen and oxygen atoms in total. The Morgan fingerprint density at radius 2 is 2.00 bits per heavy atom. The van der Waals surface area contributed by atoms with Crippen LogP contribution >= 0.6 is 11.6 Å². The van der Waals surface area contributed by atoms with Crippen LogP contribution in [0.3, 0.4) is 0 Å². The summed E-state index contributed by atoms with van der Waals surface area (Å²) in [6.45, 7) is 11.7. The van der Waals surface area contributed by atoms with Crippen LogP contribution in [0.4, 0.5) is 4.39 Å². The number of aliphatic carboxylic acids is 1. The summed E-state index contributed by atoms with van der Waals surface area (Å²) in [6, 6.07) is 1.73. The quantitative estimate of drug-likeness (QED) is 0.588. The van der Waals surface area contributed by atoms with Crippen molar-refractivity contribution in [3.63, 3.8) is 0 Å². The van der Waals surface area contributed by atoms with Gasteiger partial charge < -0.3 is 14.6 Å². The zero-order chi connectivity index (χ0) is 20.5. The van der Waals surface area contributed by atoms with Crippen molar-refractivity contribution >= 4 is 28.7 Å². The predicted molar refractivity (Wildman–Crippen MR) is 106 cm³/mol. The summed E-state index contributed by atoms with van der Waals surface area (Å²) in [4.78, 5) is 11.2. The highest BCUT2D eigenvalue weighted by Gasteiger charge is 2.33. The van der Waals surface area contributed by atoms with Gasteiger partial charge in [-0.2, -0.15) is 4.39 Å². The summed E-state index contributed by atoms with van der Waals surface area (Å²) in [5.41, 5.74) is 1.58. The van der Waals surface area contributed by atoms with Crippen LogP contribution < -0.4 is 9.47 Å². The van der Waals surface area contributed by atoms with E-state index in [9.17, 15) is 9.18 Å². The first-order chi connectivity index (χ1) is 12.5. The zero-order valence-electron chi connectivity index (χ0n) is 16.6. The Bertz CT molecular complexity index is 822. The number of rotatable bonds is 6. The number of carboxylic acids is 1. The topological polar surface area (TPSA) is 55.8 Å². The molecule has 0 fully saturated rings. The Morgan fingerprint density at radius 1 is 1.37 bits per heavy atom. The number of fused-ring (bicyclic) bond motifs is 1. The molecule has 1 N–H and O–H groups in total. The highest BCUT2D eigenvalue weighted by molar-refractivity contribution is 6.34. The van der Waals surface area contributed by atoms with Crippen LogP contribution in [-0.2, 0) is 4.79 Å². The van der Waals surface area contributed by atoms with Gasteiger partial charge in [-0.05, 0) is 50.8 Å². The number of halogens is 2. The second-order valence-corrected chi connectivity index (χ2v) is 7.67. The molecule has 0 bridgehead atoms. The fourth-order valence-corrected chi connectivity index (χ4v) is 3.55. The van der Waals surface area contributed by atoms with E-state index in [-0.39, 0.29) is 28.7 Å². The lowest BCUT2D eigenvalue weighted by molar-refractivity contribution is -0.134. The van der Waals surface area contributed by atoms with E-state index in [1.165, 1.54) is 0 Å². The number of carboxylic acid groups (broad SMARTS) is 1. The van der Waals surface area contributed by atoms with Crippen molar-refractivity contribution in [3.8, 4) is 11.5 Å². The van der Waals surface area contributed by atoms with Crippen LogP contribution in [-0.4, -0.2) is 23.3 Å². The number of carbonyl (C=O) groups is 1. The molecule has 1 aliphatic rings. The maximum absolute atomic E-state index is 14.4. The first-order valence-corrected chi connectivity index (χ1v) is 9.45. The molecular formula is C21H26ClFO4. The molecule has 0 radical (unpaired) electrons. The summed E-state index contributed by atoms with van der Waals surface area (Å²) in [5, 5.41) is 9.37. The molecule has 0 aliphatic carbocycles. The molecular weight excluding hydrogens is 371 g/mol. The summed E-state index contributed by atoms with van der Waals surface area (Å²) in [5.74, 6) is -1.92. The number of ether oxygens (including phenoxy) is 2. The second kappa shape index (κ2) is 7.93. The standard InChI is InChI=1S/C21H26ClFO4/c1-7-12(17(23)20(24)25)13-9-14-15(11(3)4)10-21(5,6)27-19(14)16(22)18(13)26-8-2/h9-11H,7-8H2,1-6H3,(H,24,25). The maximum atomic E-state index is 14.4. The minimum Gasteiger partial charge on any atom is -0.492 e. The van der Waals surface area contributed by atoms with Gasteiger partial charge in [0.2, 0.25) is 5.83 Å². The van der Waals surface area contributed by atoms with E-state index in [0.717, 1.165) is 11.1 Å². The van der Waals surface area contributed by atoms with Gasteiger partial charge in [-0.25, -0.2) is 4.79 Å². The van der Waals surface area contributed by atoms with E-state index in [4.69, 9.17) is 26.2 Å². The smallest absolute Gasteiger partial charge is 0.365 e. The molecule has 0 saturated carbocycles. The molecule has 27 heavy (non-hydrogen) atoms. The molecule has 1 aromatic rings. The number of hydrogen-bond acceptors (Lipinski definition) is 3. The fourth-order valence-electron chi connectivity index (χ4n) is 3.25. The van der Waals surface area contributed by atoms with Crippen LogP contribution in [0.15, 0.2) is 18.0 Å². The SMILES string of the molecule is CCOc1c(C(CC)=C(F)C(=O)O)cc2c(c1Cl)OC(C)(C)C=C2C(C)C. The Labute approximate surface area is 164 Å². The minimum absolute atomic E-state index is 0.0450. The molecule has 0 spiro atoms. The summed E-state index contributed by atoms with van der Waals surface area (Å²) < 4.78 is 26.1. The normalized spacial score (nSPS) is 16.3. The monoisotopic (exact) mass is 396 g/mol. The summed E-state index contributed by atoms with van der Waals surface area (Å²) >= 11 is 6.62. The Kier molecular flexibility index (Phi) is 6.25. The third-order valence-corrected chi connectivity index (χ3v) is 4.74. The first-order valence-electron chi connectivity index (χ1n) is 9.07. The molecule has 1 aromatic carbocycles. The van der Waals surface area contributed by atoms with Gasteiger partial charge in [-0.1, -0.05) is 32.4 Å². The zero-order valence-corrected chi connectivity index (χ0v) is 17.3. The maximum Gasteiger partial charge on any atom is 0.365 e. The highest BCUT2D eigenvalue weighted by atomic mass is 35.5. The average molecular weight is 397 g/mol. The number of allylic oxidation sites excluding steroid dienone is 2. The third kappa shape index (κ3) is 4.13. The van der Waals surface area contributed by atoms with E-state index in [1.807, 2.05) is 19.9 Å². The van der Waals surface area contributed by atoms with Gasteiger partial charge >= 0.3 is 5.97 Å². The highest BCUT2D eigenvalue weighted by Crippen LogP contribution is 2.50. The van der Waals surface area contributed by atoms with E-state index in [0.29, 0.717) is 17.9 Å². The predicted octanol–water partition coefficient (Wildman–Crippen LogP) is 6.12. The molecule has 1 aliphatic heterocycles. The number of benzene rings is 1. The van der Waals surface area contributed by atoms with Crippen LogP contribution in [0.5, 0.6) is 11.5 Å². The molecule has 0 amide bonds. The van der Waals surface area contributed by atoms with Crippen molar-refractivity contribution < 1.29 is 23.8 Å². The van der Waals surface area contributed by atoms with Crippen LogP contribution in [0.1, 0.15) is 59.1 Å². The molecule has 0 aromatic heterocycles. The lowest BCUT2D eigenvalue weighted by atomic mass is 9.85. The van der Waals surface area contributed by atoms with Gasteiger partial charge in [0.15, 0.2) is 5.75 Å². The molecule has 0 atom stereocenters. The molecule has 1 heterocycles. The van der Waals surface area contributed by atoms with Crippen molar-refractivity contribution in [1.29, 1.82) is 0 Å². The van der Waals surface area contributed by atoms with E-state index < -0.39 is 17.4 Å². The summed E-state index contributed by atoms with van der Waals surface area (Å²) in [6.07, 6.45) is 2.20. The second-order valence-electron chi connectivity index (χ2n) is 7.29. The van der Waals surface area contributed by atoms with Gasteiger partial charge in [0.1, 0.15) is 16.4 Å². The first kappa shape index (κ1) is 21.3. The lowest BCUT2D eigenvalue weighted by Gasteiger charge is -2.34. The average Bonchev–Trinajstić information content (AvgIpc) is 2.58. The van der Waals surface area contributed by atoms with E-state index >= 15 is 0 Å². The van der Waals surface area contributed by atoms with Crippen LogP contribution in [0.2, 0.25) is 5.02 Å². The molecule has 2 rings (SSSR count). The Hall–Kier alpha value is -2.01. The van der Waals surface area contributed by atoms with Crippen LogP contribution in [0, 0.1) is 5.92 Å². The van der Waals surface area contributed by atoms with Gasteiger partial charge in [0.25, 0.3) is 0 Å². The van der Waals surface area contributed by atoms with Gasteiger partial charge in [0.05, 0.1) is 6.61 Å². The Balaban J connectivity index is 2.89. The summed E-state index contributed by atoms with van der Waals surface area (Å²) in [7, 11) is 0. The molecule has 0 unspecified atom stereocenters. The number of hydrogen-bond donors (Lipinski definition) is 1. The third-order valence-electron chi connectivity index (χ3n) is 4.40. The van der Waals surface area contributed by atoms with Gasteiger partial charge in [0, 0.05) is 16.7 Å². The van der Waals surface area contributed by atoms with Crippen molar-refractivity contribution in [2.75, 3.05) is 6.61 Å². The molecule has 6 heteroatoms. The van der Waals surface area contributed by atoms with Crippen LogP contribution in [0.25, 0.3) is 11.1 Å². The Morgan fingerprint density at radius 3 is 2.48 bits per heavy atom. The molecule has 0 saturated heterocycles. The fraction of sp³-hybridized carbons (Fsp3) is 0.476. The van der Waals surface area contributed by atoms with Gasteiger partial charge in [-0.3, -0.25) is 0 Å². The van der Waals surface area contributed by atoms with E-state index in [1.54, 1.807) is 19.9 Å². The van der Waals surface area contributed by atoms with Crippen molar-refractivity contribution in [2.24, 2.45) is 5.92 Å². The lowest BCUT2D eigenvalue weighted by Crippen LogP contribution is -2.30. The van der Waals surface area contributed by atoms with Crippen molar-refractivity contribution in [2.45, 2.75) is 53.6 Å². The van der Waals surface area contributed by atoms with E-state index in [2.05, 4.69) is 13.8 Å². The largest absolute Gasteiger partial charge is 0.492 e. The minimum atomic E-state index is -1.61. The molecule has 148 valence electrons. The van der Waals surface area contributed by atoms with Crippen molar-refractivity contribution in [1.82, 2.24) is 0 Å². The van der Waals surface area contributed by atoms with Gasteiger partial charge in [-0.15, -0.1) is 0 Å². The van der Waals surface area contributed by atoms with Crippen molar-refractivity contribution in [3.05, 3.63) is 34.1 Å².